The van der Waals surface area contributed by atoms with Crippen LogP contribution in [0.4, 0.5) is 10.1 Å². The predicted molar refractivity (Wildman–Crippen MR) is 54.9 cm³/mol. The molecule has 0 fully saturated rings. The minimum Gasteiger partial charge on any atom is -0.388 e. The van der Waals surface area contributed by atoms with E-state index >= 15 is 0 Å². The monoisotopic (exact) mass is 195 g/mol. The average molecular weight is 195 g/mol. The molecule has 0 atom stereocenters. The highest BCUT2D eigenvalue weighted by atomic mass is 19.1. The summed E-state index contributed by atoms with van der Waals surface area (Å²) in [5.41, 5.74) is 1.85. The van der Waals surface area contributed by atoms with Gasteiger partial charge in [-0.25, -0.2) is 4.39 Å². The Morgan fingerprint density at radius 1 is 1.50 bits per heavy atom. The van der Waals surface area contributed by atoms with Crippen LogP contribution < -0.4 is 5.32 Å². The zero-order valence-electron chi connectivity index (χ0n) is 8.22. The Morgan fingerprint density at radius 2 is 2.29 bits per heavy atom. The first kappa shape index (κ1) is 10.7. The van der Waals surface area contributed by atoms with E-state index in [4.69, 9.17) is 0 Å². The number of carbonyl (C=O) groups excluding carboxylic acids is 1. The molecular formula is C11H14FNO. The van der Waals surface area contributed by atoms with Gasteiger partial charge in [0.05, 0.1) is 0 Å². The van der Waals surface area contributed by atoms with Gasteiger partial charge in [0.15, 0.2) is 0 Å². The van der Waals surface area contributed by atoms with Gasteiger partial charge in [-0.1, -0.05) is 6.07 Å². The number of rotatable bonds is 5. The highest BCUT2D eigenvalue weighted by molar-refractivity contribution is 5.52. The summed E-state index contributed by atoms with van der Waals surface area (Å²) in [6, 6.07) is 4.67. The first-order valence-electron chi connectivity index (χ1n) is 4.67. The number of halogens is 1. The Kier molecular flexibility index (Phi) is 4.11. The second-order valence-electron chi connectivity index (χ2n) is 3.11. The van der Waals surface area contributed by atoms with E-state index in [1.165, 1.54) is 12.1 Å². The van der Waals surface area contributed by atoms with Crippen LogP contribution in [0.2, 0.25) is 0 Å². The summed E-state index contributed by atoms with van der Waals surface area (Å²) in [6.07, 6.45) is 3.07. The standard InChI is InChI=1S/C11H14FNO/c1-13-11-8-10(12)6-5-9(11)4-2-3-7-14/h5-8,13H,2-4H2,1H3. The second kappa shape index (κ2) is 5.37. The number of hydrogen-bond donors (Lipinski definition) is 1. The van der Waals surface area contributed by atoms with Crippen molar-refractivity contribution >= 4 is 12.0 Å². The maximum Gasteiger partial charge on any atom is 0.125 e. The van der Waals surface area contributed by atoms with Crippen molar-refractivity contribution in [2.75, 3.05) is 12.4 Å². The lowest BCUT2D eigenvalue weighted by Crippen LogP contribution is -1.96. The van der Waals surface area contributed by atoms with Gasteiger partial charge in [-0.2, -0.15) is 0 Å². The summed E-state index contributed by atoms with van der Waals surface area (Å²) in [6.45, 7) is 0. The van der Waals surface area contributed by atoms with Crippen LogP contribution in [0.3, 0.4) is 0 Å². The lowest BCUT2D eigenvalue weighted by Gasteiger charge is -2.07. The molecule has 0 unspecified atom stereocenters. The van der Waals surface area contributed by atoms with Gasteiger partial charge >= 0.3 is 0 Å². The fourth-order valence-electron chi connectivity index (χ4n) is 1.38. The molecule has 1 N–H and O–H groups in total. The zero-order valence-corrected chi connectivity index (χ0v) is 8.22. The van der Waals surface area contributed by atoms with Gasteiger partial charge < -0.3 is 10.1 Å². The SMILES string of the molecule is CNc1cc(F)ccc1CCCC=O. The van der Waals surface area contributed by atoms with Gasteiger partial charge in [0.2, 0.25) is 0 Å². The van der Waals surface area contributed by atoms with Crippen molar-refractivity contribution < 1.29 is 9.18 Å². The van der Waals surface area contributed by atoms with E-state index in [2.05, 4.69) is 5.32 Å². The number of nitrogens with one attached hydrogen (secondary N) is 1. The third kappa shape index (κ3) is 2.83. The van der Waals surface area contributed by atoms with Crippen molar-refractivity contribution in [1.82, 2.24) is 0 Å². The molecule has 0 spiro atoms. The highest BCUT2D eigenvalue weighted by Crippen LogP contribution is 2.18. The molecule has 0 aliphatic rings. The molecule has 0 bridgehead atoms. The van der Waals surface area contributed by atoms with Gasteiger partial charge in [0.25, 0.3) is 0 Å². The van der Waals surface area contributed by atoms with Gasteiger partial charge in [0.1, 0.15) is 12.1 Å². The van der Waals surface area contributed by atoms with Crippen molar-refractivity contribution in [2.45, 2.75) is 19.3 Å². The van der Waals surface area contributed by atoms with Crippen LogP contribution in [0, 0.1) is 5.82 Å². The minimum absolute atomic E-state index is 0.242. The summed E-state index contributed by atoms with van der Waals surface area (Å²) in [7, 11) is 1.76. The third-order valence-corrected chi connectivity index (χ3v) is 2.11. The summed E-state index contributed by atoms with van der Waals surface area (Å²) in [4.78, 5) is 10.1. The van der Waals surface area contributed by atoms with Crippen LogP contribution in [-0.2, 0) is 11.2 Å². The summed E-state index contributed by atoms with van der Waals surface area (Å²) in [5, 5.41) is 2.93. The summed E-state index contributed by atoms with van der Waals surface area (Å²) >= 11 is 0. The summed E-state index contributed by atoms with van der Waals surface area (Å²) in [5.74, 6) is -0.242. The van der Waals surface area contributed by atoms with E-state index in [0.29, 0.717) is 6.42 Å². The van der Waals surface area contributed by atoms with Crippen molar-refractivity contribution in [3.05, 3.63) is 29.6 Å². The zero-order chi connectivity index (χ0) is 10.4. The molecule has 0 heterocycles. The highest BCUT2D eigenvalue weighted by Gasteiger charge is 2.01. The minimum atomic E-state index is -0.242. The third-order valence-electron chi connectivity index (χ3n) is 2.11. The van der Waals surface area contributed by atoms with Crippen LogP contribution in [0.5, 0.6) is 0 Å². The topological polar surface area (TPSA) is 29.1 Å². The van der Waals surface area contributed by atoms with Crippen molar-refractivity contribution in [2.24, 2.45) is 0 Å². The second-order valence-corrected chi connectivity index (χ2v) is 3.11. The Morgan fingerprint density at radius 3 is 2.93 bits per heavy atom. The lowest BCUT2D eigenvalue weighted by molar-refractivity contribution is -0.107. The quantitative estimate of drug-likeness (QED) is 0.577. The Hall–Kier alpha value is -1.38. The van der Waals surface area contributed by atoms with E-state index in [9.17, 15) is 9.18 Å². The first-order chi connectivity index (χ1) is 6.77. The largest absolute Gasteiger partial charge is 0.388 e. The van der Waals surface area contributed by atoms with E-state index in [1.54, 1.807) is 13.1 Å². The molecule has 2 nitrogen and oxygen atoms in total. The van der Waals surface area contributed by atoms with Gasteiger partial charge in [-0.05, 0) is 30.5 Å². The van der Waals surface area contributed by atoms with Crippen molar-refractivity contribution in [3.8, 4) is 0 Å². The fraction of sp³-hybridized carbons (Fsp3) is 0.364. The molecular weight excluding hydrogens is 181 g/mol. The molecule has 0 aliphatic carbocycles. The van der Waals surface area contributed by atoms with Gasteiger partial charge in [-0.15, -0.1) is 0 Å². The van der Waals surface area contributed by atoms with Crippen LogP contribution in [0.25, 0.3) is 0 Å². The molecule has 1 rings (SSSR count). The number of aldehydes is 1. The fourth-order valence-corrected chi connectivity index (χ4v) is 1.38. The molecule has 14 heavy (non-hydrogen) atoms. The molecule has 0 saturated heterocycles. The molecule has 3 heteroatoms. The number of aryl methyl sites for hydroxylation is 1. The Bertz CT molecular complexity index is 312. The smallest absolute Gasteiger partial charge is 0.125 e. The molecule has 0 amide bonds. The van der Waals surface area contributed by atoms with Crippen molar-refractivity contribution in [3.63, 3.8) is 0 Å². The lowest BCUT2D eigenvalue weighted by atomic mass is 10.1. The Balaban J connectivity index is 2.69. The van der Waals surface area contributed by atoms with E-state index in [0.717, 1.165) is 30.4 Å². The predicted octanol–water partition coefficient (Wildman–Crippen LogP) is 2.39. The first-order valence-corrected chi connectivity index (χ1v) is 4.67. The molecule has 0 saturated carbocycles. The average Bonchev–Trinajstić information content (AvgIpc) is 2.20. The number of benzene rings is 1. The molecule has 76 valence electrons. The number of unbranched alkanes of at least 4 members (excludes halogenated alkanes) is 1. The van der Waals surface area contributed by atoms with Crippen LogP contribution in [0.1, 0.15) is 18.4 Å². The van der Waals surface area contributed by atoms with Crippen LogP contribution in [-0.4, -0.2) is 13.3 Å². The molecule has 1 aromatic carbocycles. The summed E-state index contributed by atoms with van der Waals surface area (Å²) < 4.78 is 12.8. The van der Waals surface area contributed by atoms with Gasteiger partial charge in [-0.3, -0.25) is 0 Å². The number of carbonyl (C=O) groups is 1. The molecule has 0 aliphatic heterocycles. The molecule has 1 aromatic rings. The van der Waals surface area contributed by atoms with E-state index in [1.807, 2.05) is 0 Å². The maximum atomic E-state index is 12.8. The molecule has 0 aromatic heterocycles. The number of hydrogen-bond acceptors (Lipinski definition) is 2. The number of anilines is 1. The van der Waals surface area contributed by atoms with Crippen LogP contribution >= 0.6 is 0 Å². The van der Waals surface area contributed by atoms with Crippen molar-refractivity contribution in [1.29, 1.82) is 0 Å². The van der Waals surface area contributed by atoms with Gasteiger partial charge in [0, 0.05) is 19.2 Å². The normalized spacial score (nSPS) is 9.86. The Labute approximate surface area is 83.1 Å². The van der Waals surface area contributed by atoms with Crippen LogP contribution in [0.15, 0.2) is 18.2 Å². The maximum absolute atomic E-state index is 12.8. The molecule has 0 radical (unpaired) electrons. The van der Waals surface area contributed by atoms with E-state index < -0.39 is 0 Å². The van der Waals surface area contributed by atoms with E-state index in [-0.39, 0.29) is 5.82 Å².